The lowest BCUT2D eigenvalue weighted by Gasteiger charge is -2.30. The summed E-state index contributed by atoms with van der Waals surface area (Å²) in [6.07, 6.45) is 3.61. The first-order chi connectivity index (χ1) is 9.20. The van der Waals surface area contributed by atoms with Gasteiger partial charge in [-0.2, -0.15) is 0 Å². The van der Waals surface area contributed by atoms with Crippen LogP contribution < -0.4 is 5.32 Å². The summed E-state index contributed by atoms with van der Waals surface area (Å²) in [5.41, 5.74) is -0.0568. The van der Waals surface area contributed by atoms with Gasteiger partial charge in [-0.25, -0.2) is 0 Å². The molecule has 0 radical (unpaired) electrons. The SMILES string of the molecule is CCN(CC)CCCC(C)NC1CC(C)(C)OC1(C)C. The average Bonchev–Trinajstić information content (AvgIpc) is 2.52. The fourth-order valence-corrected chi connectivity index (χ4v) is 3.41. The summed E-state index contributed by atoms with van der Waals surface area (Å²) < 4.78 is 6.16. The lowest BCUT2D eigenvalue weighted by atomic mass is 9.93. The van der Waals surface area contributed by atoms with Gasteiger partial charge in [0.2, 0.25) is 0 Å². The third kappa shape index (κ3) is 5.34. The number of hydrogen-bond donors (Lipinski definition) is 1. The van der Waals surface area contributed by atoms with E-state index in [1.165, 1.54) is 19.4 Å². The molecule has 1 heterocycles. The van der Waals surface area contributed by atoms with Crippen LogP contribution in [0.2, 0.25) is 0 Å². The summed E-state index contributed by atoms with van der Waals surface area (Å²) in [4.78, 5) is 2.50. The van der Waals surface area contributed by atoms with Gasteiger partial charge in [-0.15, -0.1) is 0 Å². The Morgan fingerprint density at radius 3 is 2.25 bits per heavy atom. The Bertz CT molecular complexity index is 285. The maximum Gasteiger partial charge on any atom is 0.0787 e. The third-order valence-corrected chi connectivity index (χ3v) is 4.57. The first kappa shape index (κ1) is 17.9. The molecule has 1 rings (SSSR count). The summed E-state index contributed by atoms with van der Waals surface area (Å²) in [6.45, 7) is 19.1. The molecule has 0 aromatic heterocycles. The topological polar surface area (TPSA) is 24.5 Å². The monoisotopic (exact) mass is 284 g/mol. The second kappa shape index (κ2) is 7.24. The Hall–Kier alpha value is -0.120. The largest absolute Gasteiger partial charge is 0.368 e. The van der Waals surface area contributed by atoms with E-state index in [0.717, 1.165) is 19.5 Å². The molecule has 0 saturated carbocycles. The lowest BCUT2D eigenvalue weighted by molar-refractivity contribution is -0.0704. The van der Waals surface area contributed by atoms with Crippen molar-refractivity contribution < 1.29 is 4.74 Å². The number of ether oxygens (including phenoxy) is 1. The highest BCUT2D eigenvalue weighted by Crippen LogP contribution is 2.37. The molecule has 1 N–H and O–H groups in total. The summed E-state index contributed by atoms with van der Waals surface area (Å²) in [7, 11) is 0. The standard InChI is InChI=1S/C17H36N2O/c1-8-19(9-2)12-10-11-14(3)18-15-13-16(4,5)20-17(15,6)7/h14-15,18H,8-13H2,1-7H3. The summed E-state index contributed by atoms with van der Waals surface area (Å²) in [6, 6.07) is 1.02. The van der Waals surface area contributed by atoms with Crippen molar-refractivity contribution in [3.05, 3.63) is 0 Å². The predicted molar refractivity (Wildman–Crippen MR) is 87.3 cm³/mol. The molecule has 1 aliphatic heterocycles. The van der Waals surface area contributed by atoms with E-state index in [9.17, 15) is 0 Å². The van der Waals surface area contributed by atoms with Crippen LogP contribution in [0.4, 0.5) is 0 Å². The van der Waals surface area contributed by atoms with Gasteiger partial charge in [-0.05, 0) is 73.5 Å². The predicted octanol–water partition coefficient (Wildman–Crippen LogP) is 3.43. The molecule has 0 aliphatic carbocycles. The van der Waals surface area contributed by atoms with Crippen molar-refractivity contribution in [1.82, 2.24) is 10.2 Å². The van der Waals surface area contributed by atoms with E-state index < -0.39 is 0 Å². The zero-order valence-corrected chi connectivity index (χ0v) is 14.8. The third-order valence-electron chi connectivity index (χ3n) is 4.57. The molecule has 1 fully saturated rings. The Kier molecular flexibility index (Phi) is 6.49. The molecular weight excluding hydrogens is 248 g/mol. The van der Waals surface area contributed by atoms with Crippen LogP contribution in [0.25, 0.3) is 0 Å². The van der Waals surface area contributed by atoms with Crippen molar-refractivity contribution in [2.75, 3.05) is 19.6 Å². The van der Waals surface area contributed by atoms with E-state index in [0.29, 0.717) is 12.1 Å². The minimum atomic E-state index is -0.0589. The van der Waals surface area contributed by atoms with Gasteiger partial charge < -0.3 is 15.0 Å². The van der Waals surface area contributed by atoms with Gasteiger partial charge in [0, 0.05) is 12.1 Å². The zero-order chi connectivity index (χ0) is 15.4. The van der Waals surface area contributed by atoms with Crippen LogP contribution in [0, 0.1) is 0 Å². The first-order valence-corrected chi connectivity index (χ1v) is 8.38. The average molecular weight is 284 g/mol. The van der Waals surface area contributed by atoms with Crippen LogP contribution >= 0.6 is 0 Å². The van der Waals surface area contributed by atoms with E-state index in [2.05, 4.69) is 58.7 Å². The molecule has 0 aromatic carbocycles. The number of nitrogens with zero attached hydrogens (tertiary/aromatic N) is 1. The molecule has 2 unspecified atom stereocenters. The summed E-state index contributed by atoms with van der Waals surface area (Å²) in [5, 5.41) is 3.79. The molecule has 1 saturated heterocycles. The molecule has 20 heavy (non-hydrogen) atoms. The smallest absolute Gasteiger partial charge is 0.0787 e. The van der Waals surface area contributed by atoms with Crippen LogP contribution in [0.1, 0.15) is 67.7 Å². The van der Waals surface area contributed by atoms with Gasteiger partial charge in [0.1, 0.15) is 0 Å². The fraction of sp³-hybridized carbons (Fsp3) is 1.00. The lowest BCUT2D eigenvalue weighted by Crippen LogP contribution is -2.47. The Labute approximate surface area is 126 Å². The van der Waals surface area contributed by atoms with E-state index >= 15 is 0 Å². The molecule has 3 nitrogen and oxygen atoms in total. The van der Waals surface area contributed by atoms with Gasteiger partial charge >= 0.3 is 0 Å². The highest BCUT2D eigenvalue weighted by atomic mass is 16.5. The zero-order valence-electron chi connectivity index (χ0n) is 14.8. The van der Waals surface area contributed by atoms with Crippen LogP contribution in [0.15, 0.2) is 0 Å². The molecule has 0 bridgehead atoms. The van der Waals surface area contributed by atoms with E-state index in [-0.39, 0.29) is 11.2 Å². The summed E-state index contributed by atoms with van der Waals surface area (Å²) >= 11 is 0. The quantitative estimate of drug-likeness (QED) is 0.739. The van der Waals surface area contributed by atoms with Crippen LogP contribution in [-0.4, -0.2) is 47.8 Å². The molecule has 2 atom stereocenters. The molecule has 0 spiro atoms. The second-order valence-corrected chi connectivity index (χ2v) is 7.46. The highest BCUT2D eigenvalue weighted by molar-refractivity contribution is 4.99. The minimum absolute atomic E-state index is 0.00209. The molecule has 1 aliphatic rings. The molecule has 3 heteroatoms. The van der Waals surface area contributed by atoms with E-state index in [4.69, 9.17) is 4.74 Å². The maximum absolute atomic E-state index is 6.16. The maximum atomic E-state index is 6.16. The van der Waals surface area contributed by atoms with Crippen molar-refractivity contribution >= 4 is 0 Å². The van der Waals surface area contributed by atoms with Gasteiger partial charge in [-0.3, -0.25) is 0 Å². The highest BCUT2D eigenvalue weighted by Gasteiger charge is 2.45. The van der Waals surface area contributed by atoms with E-state index in [1.54, 1.807) is 0 Å². The first-order valence-electron chi connectivity index (χ1n) is 8.38. The van der Waals surface area contributed by atoms with Crippen molar-refractivity contribution in [3.8, 4) is 0 Å². The normalized spacial score (nSPS) is 26.1. The van der Waals surface area contributed by atoms with Crippen molar-refractivity contribution in [2.45, 2.75) is 91.0 Å². The van der Waals surface area contributed by atoms with Crippen LogP contribution in [0.3, 0.4) is 0 Å². The number of rotatable bonds is 8. The van der Waals surface area contributed by atoms with Crippen molar-refractivity contribution in [1.29, 1.82) is 0 Å². The molecule has 0 amide bonds. The molecule has 0 aromatic rings. The van der Waals surface area contributed by atoms with Crippen molar-refractivity contribution in [2.24, 2.45) is 0 Å². The van der Waals surface area contributed by atoms with Gasteiger partial charge in [0.15, 0.2) is 0 Å². The Balaban J connectivity index is 2.34. The molecule has 120 valence electrons. The summed E-state index contributed by atoms with van der Waals surface area (Å²) in [5.74, 6) is 0. The van der Waals surface area contributed by atoms with Gasteiger partial charge in [0.05, 0.1) is 11.2 Å². The number of nitrogens with one attached hydrogen (secondary N) is 1. The number of hydrogen-bond acceptors (Lipinski definition) is 3. The minimum Gasteiger partial charge on any atom is -0.368 e. The van der Waals surface area contributed by atoms with Crippen LogP contribution in [-0.2, 0) is 4.74 Å². The molecular formula is C17H36N2O. The second-order valence-electron chi connectivity index (χ2n) is 7.46. The van der Waals surface area contributed by atoms with E-state index in [1.807, 2.05) is 0 Å². The fourth-order valence-electron chi connectivity index (χ4n) is 3.41. The van der Waals surface area contributed by atoms with Gasteiger partial charge in [0.25, 0.3) is 0 Å². The van der Waals surface area contributed by atoms with Gasteiger partial charge in [-0.1, -0.05) is 13.8 Å². The Morgan fingerprint density at radius 1 is 1.20 bits per heavy atom. The van der Waals surface area contributed by atoms with Crippen molar-refractivity contribution in [3.63, 3.8) is 0 Å². The van der Waals surface area contributed by atoms with Crippen LogP contribution in [0.5, 0.6) is 0 Å². The Morgan fingerprint density at radius 2 is 1.80 bits per heavy atom.